The summed E-state index contributed by atoms with van der Waals surface area (Å²) in [6.07, 6.45) is 0. The number of imidazole rings is 1. The number of aryl methyl sites for hydroxylation is 1. The van der Waals surface area contributed by atoms with Crippen molar-refractivity contribution in [2.24, 2.45) is 5.18 Å². The van der Waals surface area contributed by atoms with E-state index in [9.17, 15) is 9.70 Å². The van der Waals surface area contributed by atoms with Gasteiger partial charge in [-0.25, -0.2) is 4.98 Å². The number of amides is 1. The van der Waals surface area contributed by atoms with Crippen LogP contribution >= 0.6 is 0 Å². The Morgan fingerprint density at radius 2 is 2.17 bits per heavy atom. The molecular weight excluding hydrogens is 296 g/mol. The average Bonchev–Trinajstić information content (AvgIpc) is 2.94. The summed E-state index contributed by atoms with van der Waals surface area (Å²) in [6, 6.07) is 10.8. The lowest BCUT2D eigenvalue weighted by Crippen LogP contribution is -2.25. The van der Waals surface area contributed by atoms with Gasteiger partial charge in [-0.05, 0) is 42.4 Å². The van der Waals surface area contributed by atoms with E-state index in [2.05, 4.69) is 15.5 Å². The Hall–Kier alpha value is -3.22. The summed E-state index contributed by atoms with van der Waals surface area (Å²) in [7, 11) is 0. The van der Waals surface area contributed by atoms with Gasteiger partial charge in [0, 0.05) is 11.3 Å². The van der Waals surface area contributed by atoms with Crippen LogP contribution in [0.2, 0.25) is 0 Å². The molecule has 0 saturated heterocycles. The second kappa shape index (κ2) is 4.91. The van der Waals surface area contributed by atoms with E-state index >= 15 is 0 Å². The maximum atomic E-state index is 11.5. The summed E-state index contributed by atoms with van der Waals surface area (Å²) in [5, 5.41) is 5.90. The second-order valence-electron chi connectivity index (χ2n) is 5.28. The SMILES string of the molecule is Cc1cccc2nc(-c3ccc4c(c3)NC(=O)CO4)c(N=O)n12. The molecule has 23 heavy (non-hydrogen) atoms. The molecule has 1 N–H and O–H groups in total. The molecule has 7 nitrogen and oxygen atoms in total. The van der Waals surface area contributed by atoms with Crippen molar-refractivity contribution in [2.45, 2.75) is 6.92 Å². The van der Waals surface area contributed by atoms with Crippen LogP contribution in [0.15, 0.2) is 41.6 Å². The smallest absolute Gasteiger partial charge is 0.262 e. The van der Waals surface area contributed by atoms with Crippen LogP contribution in [0.25, 0.3) is 16.9 Å². The number of ether oxygens (including phenoxy) is 1. The monoisotopic (exact) mass is 308 g/mol. The number of rotatable bonds is 2. The Labute approximate surface area is 130 Å². The molecule has 1 aliphatic heterocycles. The Bertz CT molecular complexity index is 961. The summed E-state index contributed by atoms with van der Waals surface area (Å²) in [6.45, 7) is 1.88. The van der Waals surface area contributed by atoms with E-state index in [0.29, 0.717) is 28.3 Å². The predicted octanol–water partition coefficient (Wildman–Crippen LogP) is 3.04. The molecule has 7 heteroatoms. The molecule has 2 aromatic heterocycles. The lowest BCUT2D eigenvalue weighted by Gasteiger charge is -2.18. The average molecular weight is 308 g/mol. The third-order valence-electron chi connectivity index (χ3n) is 3.79. The number of nitrogens with one attached hydrogen (secondary N) is 1. The summed E-state index contributed by atoms with van der Waals surface area (Å²) in [5.41, 5.74) is 3.23. The molecule has 0 saturated carbocycles. The maximum Gasteiger partial charge on any atom is 0.262 e. The largest absolute Gasteiger partial charge is 0.482 e. The number of fused-ring (bicyclic) bond motifs is 2. The van der Waals surface area contributed by atoms with Gasteiger partial charge in [0.2, 0.25) is 5.82 Å². The number of anilines is 1. The molecule has 0 unspecified atom stereocenters. The van der Waals surface area contributed by atoms with Crippen LogP contribution in [0.5, 0.6) is 5.75 Å². The number of carbonyl (C=O) groups excluding carboxylic acids is 1. The molecule has 3 aromatic rings. The fraction of sp³-hybridized carbons (Fsp3) is 0.125. The van der Waals surface area contributed by atoms with Gasteiger partial charge in [0.25, 0.3) is 5.91 Å². The molecule has 0 atom stereocenters. The Kier molecular flexibility index (Phi) is 2.87. The maximum absolute atomic E-state index is 11.5. The predicted molar refractivity (Wildman–Crippen MR) is 84.9 cm³/mol. The first-order valence-corrected chi connectivity index (χ1v) is 7.06. The van der Waals surface area contributed by atoms with Gasteiger partial charge in [-0.3, -0.25) is 9.20 Å². The van der Waals surface area contributed by atoms with Crippen molar-refractivity contribution in [3.8, 4) is 17.0 Å². The van der Waals surface area contributed by atoms with Gasteiger partial charge in [-0.15, -0.1) is 4.91 Å². The second-order valence-corrected chi connectivity index (χ2v) is 5.28. The van der Waals surface area contributed by atoms with Gasteiger partial charge >= 0.3 is 0 Å². The van der Waals surface area contributed by atoms with Crippen LogP contribution in [0, 0.1) is 11.8 Å². The van der Waals surface area contributed by atoms with Crippen molar-refractivity contribution in [3.05, 3.63) is 47.0 Å². The van der Waals surface area contributed by atoms with Gasteiger partial charge in [0.05, 0.1) is 5.69 Å². The van der Waals surface area contributed by atoms with Crippen molar-refractivity contribution in [3.63, 3.8) is 0 Å². The van der Waals surface area contributed by atoms with Crippen LogP contribution in [0.3, 0.4) is 0 Å². The van der Waals surface area contributed by atoms with Gasteiger partial charge in [0.15, 0.2) is 6.61 Å². The number of nitrogens with zero attached hydrogens (tertiary/aromatic N) is 3. The van der Waals surface area contributed by atoms with Crippen molar-refractivity contribution < 1.29 is 9.53 Å². The molecule has 0 fully saturated rings. The van der Waals surface area contributed by atoms with Crippen molar-refractivity contribution in [2.75, 3.05) is 11.9 Å². The van der Waals surface area contributed by atoms with Gasteiger partial charge in [-0.1, -0.05) is 6.07 Å². The molecule has 1 amide bonds. The highest BCUT2D eigenvalue weighted by molar-refractivity contribution is 5.96. The van der Waals surface area contributed by atoms with Crippen LogP contribution in [0.4, 0.5) is 11.5 Å². The van der Waals surface area contributed by atoms with Crippen LogP contribution in [-0.2, 0) is 4.79 Å². The molecule has 4 rings (SSSR count). The Balaban J connectivity index is 1.93. The van der Waals surface area contributed by atoms with E-state index in [-0.39, 0.29) is 18.3 Å². The summed E-state index contributed by atoms with van der Waals surface area (Å²) < 4.78 is 7.04. The molecule has 1 aromatic carbocycles. The normalized spacial score (nSPS) is 13.3. The zero-order valence-corrected chi connectivity index (χ0v) is 12.2. The first kappa shape index (κ1) is 13.4. The third kappa shape index (κ3) is 2.05. The Morgan fingerprint density at radius 3 is 3.00 bits per heavy atom. The first-order chi connectivity index (χ1) is 11.2. The number of benzene rings is 1. The van der Waals surface area contributed by atoms with Gasteiger partial charge in [-0.2, -0.15) is 0 Å². The zero-order valence-electron chi connectivity index (χ0n) is 12.2. The molecule has 1 aliphatic rings. The molecule has 0 radical (unpaired) electrons. The number of hydrogen-bond donors (Lipinski definition) is 1. The van der Waals surface area contributed by atoms with Crippen molar-refractivity contribution in [1.82, 2.24) is 9.38 Å². The zero-order chi connectivity index (χ0) is 16.0. The van der Waals surface area contributed by atoms with E-state index in [1.807, 2.05) is 25.1 Å². The minimum absolute atomic E-state index is 0.00104. The van der Waals surface area contributed by atoms with E-state index in [1.54, 1.807) is 22.6 Å². The standard InChI is InChI=1S/C16H12N4O3/c1-9-3-2-4-13-18-15(16(19-22)20(9)13)10-5-6-12-11(7-10)17-14(21)8-23-12/h2-7H,8H2,1H3,(H,17,21). The van der Waals surface area contributed by atoms with Crippen LogP contribution in [-0.4, -0.2) is 21.9 Å². The molecule has 114 valence electrons. The topological polar surface area (TPSA) is 85.1 Å². The van der Waals surface area contributed by atoms with Gasteiger partial charge in [0.1, 0.15) is 17.1 Å². The lowest BCUT2D eigenvalue weighted by atomic mass is 10.1. The summed E-state index contributed by atoms with van der Waals surface area (Å²) in [4.78, 5) is 27.3. The number of pyridine rings is 1. The minimum atomic E-state index is -0.214. The highest BCUT2D eigenvalue weighted by Gasteiger charge is 2.20. The molecular formula is C16H12N4O3. The Morgan fingerprint density at radius 1 is 1.30 bits per heavy atom. The third-order valence-corrected chi connectivity index (χ3v) is 3.79. The van der Waals surface area contributed by atoms with E-state index in [1.165, 1.54) is 0 Å². The molecule has 0 aliphatic carbocycles. The van der Waals surface area contributed by atoms with E-state index < -0.39 is 0 Å². The lowest BCUT2D eigenvalue weighted by molar-refractivity contribution is -0.118. The highest BCUT2D eigenvalue weighted by atomic mass is 16.5. The molecule has 0 bridgehead atoms. The quantitative estimate of drug-likeness (QED) is 0.737. The van der Waals surface area contributed by atoms with Crippen LogP contribution in [0.1, 0.15) is 5.69 Å². The summed E-state index contributed by atoms with van der Waals surface area (Å²) in [5.74, 6) is 0.615. The minimum Gasteiger partial charge on any atom is -0.482 e. The number of carbonyl (C=O) groups is 1. The van der Waals surface area contributed by atoms with Gasteiger partial charge < -0.3 is 10.1 Å². The molecule has 3 heterocycles. The fourth-order valence-corrected chi connectivity index (χ4v) is 2.74. The van der Waals surface area contributed by atoms with Crippen molar-refractivity contribution in [1.29, 1.82) is 0 Å². The highest BCUT2D eigenvalue weighted by Crippen LogP contribution is 2.36. The number of nitroso groups, excluding NO2 is 1. The number of aromatic nitrogens is 2. The van der Waals surface area contributed by atoms with E-state index in [4.69, 9.17) is 4.74 Å². The molecule has 0 spiro atoms. The summed E-state index contributed by atoms with van der Waals surface area (Å²) >= 11 is 0. The van der Waals surface area contributed by atoms with Crippen LogP contribution < -0.4 is 10.1 Å². The number of hydrogen-bond acceptors (Lipinski definition) is 5. The van der Waals surface area contributed by atoms with E-state index in [0.717, 1.165) is 5.69 Å². The first-order valence-electron chi connectivity index (χ1n) is 7.06. The fourth-order valence-electron chi connectivity index (χ4n) is 2.74. The van der Waals surface area contributed by atoms with Crippen molar-refractivity contribution >= 4 is 23.1 Å².